The number of esters is 2. The second-order valence-electron chi connectivity index (χ2n) is 13.0. The van der Waals surface area contributed by atoms with E-state index in [-0.39, 0.29) is 65.3 Å². The maximum atomic E-state index is 12.1. The first kappa shape index (κ1) is 28.3. The Labute approximate surface area is 220 Å². The minimum absolute atomic E-state index is 0.0369. The molecule has 0 aromatic carbocycles. The quantitative estimate of drug-likeness (QED) is 0.409. The Kier molecular flexibility index (Phi) is 8.30. The number of carboxylic acid groups (broad SMARTS) is 1. The van der Waals surface area contributed by atoms with Crippen LogP contribution in [0.15, 0.2) is 0 Å². The predicted octanol–water partition coefficient (Wildman–Crippen LogP) is 3.95. The lowest BCUT2D eigenvalue weighted by Crippen LogP contribution is -2.62. The normalized spacial score (nSPS) is 43.6. The van der Waals surface area contributed by atoms with Gasteiger partial charge in [0.15, 0.2) is 0 Å². The molecule has 4 fully saturated rings. The summed E-state index contributed by atoms with van der Waals surface area (Å²) in [6.45, 7) is 6.72. The van der Waals surface area contributed by atoms with Crippen molar-refractivity contribution in [3.05, 3.63) is 0 Å². The zero-order valence-corrected chi connectivity index (χ0v) is 22.9. The Balaban J connectivity index is 1.47. The molecule has 0 saturated heterocycles. The van der Waals surface area contributed by atoms with E-state index in [1.807, 2.05) is 0 Å². The van der Waals surface area contributed by atoms with Crippen LogP contribution in [0.5, 0.6) is 0 Å². The number of hydrogen-bond donors (Lipinski definition) is 3. The summed E-state index contributed by atoms with van der Waals surface area (Å²) in [5.41, 5.74) is -0.317. The lowest BCUT2D eigenvalue weighted by Gasteiger charge is -2.63. The number of aliphatic carboxylic acids is 1. The van der Waals surface area contributed by atoms with Crippen molar-refractivity contribution in [3.63, 3.8) is 0 Å². The minimum Gasteiger partial charge on any atom is -0.481 e. The van der Waals surface area contributed by atoms with Crippen LogP contribution >= 0.6 is 0 Å². The summed E-state index contributed by atoms with van der Waals surface area (Å²) in [6, 6.07) is 0. The molecule has 4 aliphatic carbocycles. The van der Waals surface area contributed by atoms with E-state index in [1.165, 1.54) is 7.11 Å². The van der Waals surface area contributed by atoms with Crippen molar-refractivity contribution in [2.24, 2.45) is 46.3 Å². The molecule has 3 N–H and O–H groups in total. The first-order valence-corrected chi connectivity index (χ1v) is 14.3. The summed E-state index contributed by atoms with van der Waals surface area (Å²) in [5, 5.41) is 32.1. The monoisotopic (exact) mass is 522 g/mol. The molecule has 37 heavy (non-hydrogen) atoms. The number of fused-ring (bicyclic) bond motifs is 5. The fraction of sp³-hybridized carbons (Fsp3) is 0.897. The van der Waals surface area contributed by atoms with Gasteiger partial charge < -0.3 is 24.8 Å². The van der Waals surface area contributed by atoms with E-state index in [2.05, 4.69) is 20.8 Å². The topological polar surface area (TPSA) is 130 Å². The molecule has 0 aromatic rings. The zero-order valence-electron chi connectivity index (χ0n) is 22.9. The van der Waals surface area contributed by atoms with E-state index in [4.69, 9.17) is 14.6 Å². The molecule has 4 rings (SSSR count). The summed E-state index contributed by atoms with van der Waals surface area (Å²) in [4.78, 5) is 34.7. The average molecular weight is 523 g/mol. The third-order valence-electron chi connectivity index (χ3n) is 11.4. The molecule has 4 aliphatic rings. The fourth-order valence-corrected chi connectivity index (χ4v) is 9.32. The van der Waals surface area contributed by atoms with Crippen molar-refractivity contribution in [1.29, 1.82) is 0 Å². The zero-order chi connectivity index (χ0) is 27.1. The molecule has 8 nitrogen and oxygen atoms in total. The number of rotatable bonds is 8. The van der Waals surface area contributed by atoms with Gasteiger partial charge in [0.25, 0.3) is 0 Å². The molecule has 8 heteroatoms. The van der Waals surface area contributed by atoms with Crippen LogP contribution in [0.25, 0.3) is 0 Å². The van der Waals surface area contributed by atoms with Gasteiger partial charge in [-0.2, -0.15) is 0 Å². The average Bonchev–Trinajstić information content (AvgIpc) is 3.21. The second kappa shape index (κ2) is 10.8. The number of aliphatic hydroxyl groups is 2. The van der Waals surface area contributed by atoms with Gasteiger partial charge in [0.1, 0.15) is 6.10 Å². The standard InChI is InChI=1S/C29H46O8/c1-16(5-9-25(34)36-4)19-6-7-20-27-21(15-23(31)29(19,20)3)28(2)12-11-18(13-17(28)14-22(27)30)37-26(35)10-8-24(32)33/h16-23,27,30-31H,5-15H2,1-4H3,(H,32,33)/t16-,17-,18+,19+,20-,21-,22-,23-,27-,28+,29-/m1/s1. The number of aliphatic hydroxyl groups excluding tert-OH is 2. The number of hydrogen-bond acceptors (Lipinski definition) is 7. The number of carboxylic acids is 1. The maximum absolute atomic E-state index is 12.1. The maximum Gasteiger partial charge on any atom is 0.306 e. The van der Waals surface area contributed by atoms with Crippen molar-refractivity contribution < 1.29 is 39.2 Å². The molecular weight excluding hydrogens is 476 g/mol. The molecule has 0 unspecified atom stereocenters. The van der Waals surface area contributed by atoms with Gasteiger partial charge in [-0.1, -0.05) is 20.8 Å². The van der Waals surface area contributed by atoms with Gasteiger partial charge in [-0.05, 0) is 97.7 Å². The Morgan fingerprint density at radius 2 is 1.68 bits per heavy atom. The third-order valence-corrected chi connectivity index (χ3v) is 11.4. The van der Waals surface area contributed by atoms with Crippen molar-refractivity contribution in [2.45, 2.75) is 110 Å². The van der Waals surface area contributed by atoms with Gasteiger partial charge in [-0.15, -0.1) is 0 Å². The summed E-state index contributed by atoms with van der Waals surface area (Å²) in [6.07, 6.45) is 5.26. The van der Waals surface area contributed by atoms with Gasteiger partial charge in [0.05, 0.1) is 32.2 Å². The van der Waals surface area contributed by atoms with Crippen LogP contribution in [0.3, 0.4) is 0 Å². The molecule has 0 spiro atoms. The van der Waals surface area contributed by atoms with Crippen molar-refractivity contribution in [3.8, 4) is 0 Å². The minimum atomic E-state index is -1.01. The Hall–Kier alpha value is -1.67. The largest absolute Gasteiger partial charge is 0.481 e. The highest BCUT2D eigenvalue weighted by atomic mass is 16.5. The number of carbonyl (C=O) groups is 3. The highest BCUT2D eigenvalue weighted by Crippen LogP contribution is 2.68. The highest BCUT2D eigenvalue weighted by Gasteiger charge is 2.65. The summed E-state index contributed by atoms with van der Waals surface area (Å²) in [7, 11) is 1.42. The first-order valence-electron chi connectivity index (χ1n) is 14.3. The number of carbonyl (C=O) groups excluding carboxylic acids is 2. The summed E-state index contributed by atoms with van der Waals surface area (Å²) < 4.78 is 10.5. The second-order valence-corrected chi connectivity index (χ2v) is 13.0. The van der Waals surface area contributed by atoms with Crippen LogP contribution in [0.2, 0.25) is 0 Å². The molecule has 0 radical (unpaired) electrons. The highest BCUT2D eigenvalue weighted by molar-refractivity contribution is 5.76. The van der Waals surface area contributed by atoms with Crippen molar-refractivity contribution in [1.82, 2.24) is 0 Å². The smallest absolute Gasteiger partial charge is 0.306 e. The number of ether oxygens (including phenoxy) is 2. The first-order chi connectivity index (χ1) is 17.4. The van der Waals surface area contributed by atoms with Crippen molar-refractivity contribution in [2.75, 3.05) is 7.11 Å². The van der Waals surface area contributed by atoms with Crippen molar-refractivity contribution >= 4 is 17.9 Å². The summed E-state index contributed by atoms with van der Waals surface area (Å²) >= 11 is 0. The Bertz CT molecular complexity index is 874. The van der Waals surface area contributed by atoms with E-state index in [1.54, 1.807) is 0 Å². The van der Waals surface area contributed by atoms with Gasteiger partial charge >= 0.3 is 17.9 Å². The molecule has 210 valence electrons. The van der Waals surface area contributed by atoms with Gasteiger partial charge in [0, 0.05) is 6.42 Å². The van der Waals surface area contributed by atoms with E-state index in [9.17, 15) is 24.6 Å². The molecule has 0 aliphatic heterocycles. The van der Waals surface area contributed by atoms with Gasteiger partial charge in [-0.3, -0.25) is 14.4 Å². The van der Waals surface area contributed by atoms with Crippen LogP contribution in [-0.2, 0) is 23.9 Å². The van der Waals surface area contributed by atoms with Crippen LogP contribution in [0.4, 0.5) is 0 Å². The van der Waals surface area contributed by atoms with Gasteiger partial charge in [0.2, 0.25) is 0 Å². The van der Waals surface area contributed by atoms with E-state index < -0.39 is 24.1 Å². The lowest BCUT2D eigenvalue weighted by molar-refractivity contribution is -0.209. The third kappa shape index (κ3) is 5.17. The Morgan fingerprint density at radius 3 is 2.35 bits per heavy atom. The molecule has 4 saturated carbocycles. The van der Waals surface area contributed by atoms with Crippen LogP contribution < -0.4 is 0 Å². The van der Waals surface area contributed by atoms with E-state index in [0.717, 1.165) is 32.1 Å². The molecule has 0 bridgehead atoms. The molecule has 0 heterocycles. The van der Waals surface area contributed by atoms with Crippen LogP contribution in [0.1, 0.15) is 91.4 Å². The predicted molar refractivity (Wildman–Crippen MR) is 135 cm³/mol. The fourth-order valence-electron chi connectivity index (χ4n) is 9.32. The summed E-state index contributed by atoms with van der Waals surface area (Å²) in [5.74, 6) is -0.289. The lowest BCUT2D eigenvalue weighted by atomic mass is 9.43. The van der Waals surface area contributed by atoms with E-state index in [0.29, 0.717) is 31.6 Å². The Morgan fingerprint density at radius 1 is 0.946 bits per heavy atom. The molecular formula is C29H46O8. The molecule has 0 amide bonds. The number of methoxy groups -OCH3 is 1. The SMILES string of the molecule is COC(=O)CC[C@@H](C)[C@@H]1CC[C@@H]2[C@H]3[C@H](O)C[C@H]4C[C@@H](OC(=O)CCC(=O)O)CC[C@]4(C)[C@@H]3C[C@@H](O)[C@@]21C. The molecule has 11 atom stereocenters. The van der Waals surface area contributed by atoms with Crippen LogP contribution in [0, 0.1) is 46.3 Å². The van der Waals surface area contributed by atoms with Gasteiger partial charge in [-0.25, -0.2) is 0 Å². The van der Waals surface area contributed by atoms with Crippen LogP contribution in [-0.4, -0.2) is 58.6 Å². The van der Waals surface area contributed by atoms with E-state index >= 15 is 0 Å². The molecule has 0 aromatic heterocycles.